The molecule has 2 aliphatic rings. The Bertz CT molecular complexity index is 1360. The van der Waals surface area contributed by atoms with Gasteiger partial charge in [-0.1, -0.05) is 67.8 Å². The number of aryl methyl sites for hydroxylation is 2. The van der Waals surface area contributed by atoms with Crippen LogP contribution in [-0.4, -0.2) is 31.3 Å². The molecule has 2 aromatic carbocycles. The molecule has 0 unspecified atom stereocenters. The van der Waals surface area contributed by atoms with Crippen molar-refractivity contribution in [2.45, 2.75) is 64.6 Å². The summed E-state index contributed by atoms with van der Waals surface area (Å²) in [6, 6.07) is 23.1. The lowest BCUT2D eigenvalue weighted by molar-refractivity contribution is 0.176. The minimum atomic E-state index is -0.205. The van der Waals surface area contributed by atoms with Crippen LogP contribution in [0.15, 0.2) is 72.9 Å². The largest absolute Gasteiger partial charge is 0.335 e. The highest BCUT2D eigenvalue weighted by Gasteiger charge is 2.37. The van der Waals surface area contributed by atoms with Gasteiger partial charge in [0.2, 0.25) is 0 Å². The number of benzene rings is 2. The average molecular weight is 480 g/mol. The van der Waals surface area contributed by atoms with Crippen molar-refractivity contribution in [3.8, 4) is 11.5 Å². The number of urea groups is 1. The number of nitrogens with one attached hydrogen (secondary N) is 1. The molecule has 1 N–H and O–H groups in total. The van der Waals surface area contributed by atoms with E-state index in [1.54, 1.807) is 0 Å². The van der Waals surface area contributed by atoms with E-state index >= 15 is 0 Å². The van der Waals surface area contributed by atoms with Crippen LogP contribution in [0.3, 0.4) is 0 Å². The molecule has 6 rings (SSSR count). The van der Waals surface area contributed by atoms with E-state index in [-0.39, 0.29) is 18.1 Å². The summed E-state index contributed by atoms with van der Waals surface area (Å²) in [5, 5.41) is 8.41. The van der Waals surface area contributed by atoms with E-state index in [2.05, 4.69) is 78.5 Å². The molecule has 0 radical (unpaired) electrons. The number of fused-ring (bicyclic) bond motifs is 3. The Kier molecular flexibility index (Phi) is 5.88. The first-order valence-corrected chi connectivity index (χ1v) is 13.1. The number of nitrogens with zero attached hydrogens (tertiary/aromatic N) is 4. The standard InChI is InChI=1S/C30H33N5O/c1-3-26-25-20-34(30(36)31-23-10-7-8-11-23)28(22-17-15-21(2)16-18-22)27-14-9-19-33(27)29(25)35(32-26)24-12-5-4-6-13-24/h4-6,9,12-19,23,28H,3,7-8,10-11,20H2,1-2H3,(H,31,36)/t28-/m0/s1. The van der Waals surface area contributed by atoms with Crippen LogP contribution < -0.4 is 5.32 Å². The van der Waals surface area contributed by atoms with Crippen molar-refractivity contribution in [1.29, 1.82) is 0 Å². The summed E-state index contributed by atoms with van der Waals surface area (Å²) in [5.41, 5.74) is 6.54. The number of rotatable bonds is 4. The highest BCUT2D eigenvalue weighted by molar-refractivity contribution is 5.76. The summed E-state index contributed by atoms with van der Waals surface area (Å²) in [6.45, 7) is 4.74. The molecular weight excluding hydrogens is 446 g/mol. The van der Waals surface area contributed by atoms with Gasteiger partial charge in [0.25, 0.3) is 0 Å². The molecule has 6 nitrogen and oxygen atoms in total. The van der Waals surface area contributed by atoms with E-state index in [0.29, 0.717) is 6.54 Å². The fourth-order valence-corrected chi connectivity index (χ4v) is 5.78. The summed E-state index contributed by atoms with van der Waals surface area (Å²) in [6.07, 6.45) is 7.39. The number of para-hydroxylation sites is 1. The molecule has 0 bridgehead atoms. The Morgan fingerprint density at radius 2 is 1.75 bits per heavy atom. The third-order valence-corrected chi connectivity index (χ3v) is 7.64. The minimum absolute atomic E-state index is 0.00240. The van der Waals surface area contributed by atoms with Crippen molar-refractivity contribution in [3.05, 3.63) is 101 Å². The molecule has 1 saturated carbocycles. The van der Waals surface area contributed by atoms with Gasteiger partial charge in [0, 0.05) is 17.8 Å². The highest BCUT2D eigenvalue weighted by Crippen LogP contribution is 2.39. The molecule has 2 amide bonds. The zero-order valence-electron chi connectivity index (χ0n) is 21.0. The van der Waals surface area contributed by atoms with Gasteiger partial charge in [-0.25, -0.2) is 9.48 Å². The maximum absolute atomic E-state index is 14.0. The molecule has 6 heteroatoms. The van der Waals surface area contributed by atoms with Crippen LogP contribution in [0.25, 0.3) is 11.5 Å². The number of hydrogen-bond donors (Lipinski definition) is 1. The van der Waals surface area contributed by atoms with Gasteiger partial charge in [0.1, 0.15) is 5.82 Å². The molecular formula is C30H33N5O. The minimum Gasteiger partial charge on any atom is -0.335 e. The van der Waals surface area contributed by atoms with Gasteiger partial charge in [0.15, 0.2) is 0 Å². The molecule has 1 fully saturated rings. The van der Waals surface area contributed by atoms with Crippen LogP contribution >= 0.6 is 0 Å². The van der Waals surface area contributed by atoms with Crippen LogP contribution in [0.1, 0.15) is 66.7 Å². The average Bonchev–Trinajstić information content (AvgIpc) is 3.64. The van der Waals surface area contributed by atoms with Gasteiger partial charge in [-0.15, -0.1) is 0 Å². The first-order valence-electron chi connectivity index (χ1n) is 13.1. The second kappa shape index (κ2) is 9.34. The lowest BCUT2D eigenvalue weighted by Gasteiger charge is -2.32. The Labute approximate surface area is 212 Å². The zero-order valence-corrected chi connectivity index (χ0v) is 21.0. The Morgan fingerprint density at radius 1 is 1.00 bits per heavy atom. The van der Waals surface area contributed by atoms with Crippen molar-refractivity contribution in [2.75, 3.05) is 0 Å². The summed E-state index contributed by atoms with van der Waals surface area (Å²) >= 11 is 0. The summed E-state index contributed by atoms with van der Waals surface area (Å²) in [4.78, 5) is 16.0. The van der Waals surface area contributed by atoms with Crippen LogP contribution in [0, 0.1) is 6.92 Å². The Balaban J connectivity index is 1.54. The van der Waals surface area contributed by atoms with Gasteiger partial charge in [-0.2, -0.15) is 5.10 Å². The summed E-state index contributed by atoms with van der Waals surface area (Å²) in [5.74, 6) is 1.02. The monoisotopic (exact) mass is 479 g/mol. The van der Waals surface area contributed by atoms with Gasteiger partial charge in [-0.05, 0) is 56.0 Å². The van der Waals surface area contributed by atoms with Crippen molar-refractivity contribution in [3.63, 3.8) is 0 Å². The predicted molar refractivity (Wildman–Crippen MR) is 142 cm³/mol. The quantitative estimate of drug-likeness (QED) is 0.385. The lowest BCUT2D eigenvalue weighted by atomic mass is 10.0. The van der Waals surface area contributed by atoms with Gasteiger partial charge in [-0.3, -0.25) is 0 Å². The zero-order chi connectivity index (χ0) is 24.6. The normalized spacial score (nSPS) is 17.5. The van der Waals surface area contributed by atoms with Crippen LogP contribution in [0.4, 0.5) is 4.79 Å². The Morgan fingerprint density at radius 3 is 2.47 bits per heavy atom. The van der Waals surface area contributed by atoms with E-state index in [1.807, 2.05) is 27.8 Å². The SMILES string of the molecule is CCc1nn(-c2ccccc2)c2c1CN(C(=O)NC1CCCC1)[C@@H](c1ccc(C)cc1)c1cccn1-2. The fourth-order valence-electron chi connectivity index (χ4n) is 5.78. The second-order valence-electron chi connectivity index (χ2n) is 10.0. The topological polar surface area (TPSA) is 55.1 Å². The summed E-state index contributed by atoms with van der Waals surface area (Å²) < 4.78 is 4.28. The highest BCUT2D eigenvalue weighted by atomic mass is 16.2. The van der Waals surface area contributed by atoms with E-state index in [0.717, 1.165) is 53.3 Å². The van der Waals surface area contributed by atoms with E-state index < -0.39 is 0 Å². The molecule has 1 atom stereocenters. The van der Waals surface area contributed by atoms with Gasteiger partial charge >= 0.3 is 6.03 Å². The molecule has 4 aromatic rings. The first-order chi connectivity index (χ1) is 17.6. The third-order valence-electron chi connectivity index (χ3n) is 7.64. The fraction of sp³-hybridized carbons (Fsp3) is 0.333. The van der Waals surface area contributed by atoms with E-state index in [1.165, 1.54) is 18.4 Å². The van der Waals surface area contributed by atoms with Gasteiger partial charge in [0.05, 0.1) is 29.7 Å². The predicted octanol–water partition coefficient (Wildman–Crippen LogP) is 6.09. The third kappa shape index (κ3) is 3.91. The lowest BCUT2D eigenvalue weighted by Crippen LogP contribution is -2.45. The number of aromatic nitrogens is 3. The van der Waals surface area contributed by atoms with Crippen LogP contribution in [0.5, 0.6) is 0 Å². The van der Waals surface area contributed by atoms with Gasteiger partial charge < -0.3 is 14.8 Å². The van der Waals surface area contributed by atoms with Crippen molar-refractivity contribution in [1.82, 2.24) is 24.6 Å². The first kappa shape index (κ1) is 22.7. The Hall–Kier alpha value is -3.80. The molecule has 3 heterocycles. The molecule has 1 aliphatic heterocycles. The number of amides is 2. The van der Waals surface area contributed by atoms with Crippen molar-refractivity contribution in [2.24, 2.45) is 0 Å². The molecule has 0 spiro atoms. The smallest absolute Gasteiger partial charge is 0.318 e. The summed E-state index contributed by atoms with van der Waals surface area (Å²) in [7, 11) is 0. The van der Waals surface area contributed by atoms with E-state index in [4.69, 9.17) is 5.10 Å². The number of hydrogen-bond acceptors (Lipinski definition) is 2. The second-order valence-corrected chi connectivity index (χ2v) is 10.0. The van der Waals surface area contributed by atoms with Crippen LogP contribution in [0.2, 0.25) is 0 Å². The molecule has 36 heavy (non-hydrogen) atoms. The van der Waals surface area contributed by atoms with E-state index in [9.17, 15) is 4.79 Å². The molecule has 0 saturated heterocycles. The number of carbonyl (C=O) groups excluding carboxylic acids is 1. The van der Waals surface area contributed by atoms with Crippen molar-refractivity contribution >= 4 is 6.03 Å². The molecule has 2 aromatic heterocycles. The number of carbonyl (C=O) groups is 1. The molecule has 184 valence electrons. The maximum Gasteiger partial charge on any atom is 0.318 e. The van der Waals surface area contributed by atoms with Crippen molar-refractivity contribution < 1.29 is 4.79 Å². The maximum atomic E-state index is 14.0. The molecule has 1 aliphatic carbocycles. The van der Waals surface area contributed by atoms with Crippen LogP contribution in [-0.2, 0) is 13.0 Å².